The van der Waals surface area contributed by atoms with Crippen LogP contribution in [0.25, 0.3) is 0 Å². The second kappa shape index (κ2) is 5.01. The standard InChI is InChI=1S/C14H11Cl2NO/c1-8-6-10(13(17)7-12(8)16)14(18)9-4-2-3-5-11(9)15/h2-7H,17H2,1H3. The van der Waals surface area contributed by atoms with Crippen molar-refractivity contribution in [1.82, 2.24) is 0 Å². The molecular weight excluding hydrogens is 269 g/mol. The van der Waals surface area contributed by atoms with Gasteiger partial charge in [-0.05, 0) is 36.8 Å². The summed E-state index contributed by atoms with van der Waals surface area (Å²) in [5, 5.41) is 0.956. The average Bonchev–Trinajstić information content (AvgIpc) is 2.33. The number of benzene rings is 2. The summed E-state index contributed by atoms with van der Waals surface area (Å²) in [5.41, 5.74) is 7.85. The lowest BCUT2D eigenvalue weighted by Gasteiger charge is -2.08. The number of hydrogen-bond donors (Lipinski definition) is 1. The number of nitrogen functional groups attached to an aromatic ring is 1. The first-order chi connectivity index (χ1) is 8.50. The number of rotatable bonds is 2. The van der Waals surface area contributed by atoms with Crippen molar-refractivity contribution in [2.75, 3.05) is 5.73 Å². The number of nitrogens with two attached hydrogens (primary N) is 1. The molecule has 0 bridgehead atoms. The minimum atomic E-state index is -0.196. The number of hydrogen-bond acceptors (Lipinski definition) is 2. The summed E-state index contributed by atoms with van der Waals surface area (Å²) < 4.78 is 0. The third kappa shape index (κ3) is 2.35. The summed E-state index contributed by atoms with van der Waals surface area (Å²) in [7, 11) is 0. The maximum absolute atomic E-state index is 12.3. The van der Waals surface area contributed by atoms with Crippen LogP contribution in [0.4, 0.5) is 5.69 Å². The summed E-state index contributed by atoms with van der Waals surface area (Å²) in [6, 6.07) is 10.2. The van der Waals surface area contributed by atoms with E-state index < -0.39 is 0 Å². The third-order valence-corrected chi connectivity index (χ3v) is 3.43. The zero-order chi connectivity index (χ0) is 13.3. The fraction of sp³-hybridized carbons (Fsp3) is 0.0714. The molecule has 2 nitrogen and oxygen atoms in total. The van der Waals surface area contributed by atoms with E-state index in [-0.39, 0.29) is 5.78 Å². The second-order valence-corrected chi connectivity index (χ2v) is 4.81. The molecule has 0 unspecified atom stereocenters. The van der Waals surface area contributed by atoms with E-state index in [0.717, 1.165) is 5.56 Å². The SMILES string of the molecule is Cc1cc(C(=O)c2ccccc2Cl)c(N)cc1Cl. The van der Waals surface area contributed by atoms with Gasteiger partial charge < -0.3 is 5.73 Å². The first-order valence-corrected chi connectivity index (χ1v) is 6.11. The molecule has 0 atom stereocenters. The molecule has 0 aliphatic heterocycles. The molecule has 2 N–H and O–H groups in total. The summed E-state index contributed by atoms with van der Waals surface area (Å²) >= 11 is 12.0. The normalized spacial score (nSPS) is 10.4. The number of aryl methyl sites for hydroxylation is 1. The van der Waals surface area contributed by atoms with E-state index >= 15 is 0 Å². The average molecular weight is 280 g/mol. The Balaban J connectivity index is 2.53. The van der Waals surface area contributed by atoms with Gasteiger partial charge in [-0.25, -0.2) is 0 Å². The van der Waals surface area contributed by atoms with Crippen LogP contribution in [0.2, 0.25) is 10.0 Å². The van der Waals surface area contributed by atoms with E-state index in [2.05, 4.69) is 0 Å². The molecule has 2 aromatic rings. The molecular formula is C14H11Cl2NO. The maximum atomic E-state index is 12.3. The van der Waals surface area contributed by atoms with Crippen LogP contribution in [0, 0.1) is 6.92 Å². The van der Waals surface area contributed by atoms with Crippen molar-refractivity contribution in [2.45, 2.75) is 6.92 Å². The Morgan fingerprint density at radius 1 is 1.06 bits per heavy atom. The van der Waals surface area contributed by atoms with E-state index in [9.17, 15) is 4.79 Å². The predicted octanol–water partition coefficient (Wildman–Crippen LogP) is 4.12. The van der Waals surface area contributed by atoms with Crippen molar-refractivity contribution in [2.24, 2.45) is 0 Å². The molecule has 0 saturated heterocycles. The van der Waals surface area contributed by atoms with Crippen molar-refractivity contribution in [3.63, 3.8) is 0 Å². The minimum Gasteiger partial charge on any atom is -0.398 e. The fourth-order valence-electron chi connectivity index (χ4n) is 1.68. The Hall–Kier alpha value is -1.51. The van der Waals surface area contributed by atoms with E-state index in [1.165, 1.54) is 0 Å². The van der Waals surface area contributed by atoms with Crippen LogP contribution in [0.3, 0.4) is 0 Å². The van der Waals surface area contributed by atoms with Crippen LogP contribution in [0.5, 0.6) is 0 Å². The van der Waals surface area contributed by atoms with Crippen molar-refractivity contribution >= 4 is 34.7 Å². The monoisotopic (exact) mass is 279 g/mol. The topological polar surface area (TPSA) is 43.1 Å². The summed E-state index contributed by atoms with van der Waals surface area (Å²) in [5.74, 6) is -0.196. The predicted molar refractivity (Wildman–Crippen MR) is 75.5 cm³/mol. The largest absolute Gasteiger partial charge is 0.398 e. The molecule has 0 aliphatic rings. The number of ketones is 1. The molecule has 0 aliphatic carbocycles. The van der Waals surface area contributed by atoms with Gasteiger partial charge in [-0.2, -0.15) is 0 Å². The number of anilines is 1. The first-order valence-electron chi connectivity index (χ1n) is 5.35. The Labute approximate surface area is 115 Å². The molecule has 2 rings (SSSR count). The first kappa shape index (κ1) is 12.9. The minimum absolute atomic E-state index is 0.196. The Kier molecular flexibility index (Phi) is 3.60. The van der Waals surface area contributed by atoms with Crippen LogP contribution < -0.4 is 5.73 Å². The van der Waals surface area contributed by atoms with Crippen LogP contribution in [-0.2, 0) is 0 Å². The zero-order valence-electron chi connectivity index (χ0n) is 9.71. The van der Waals surface area contributed by atoms with Gasteiger partial charge in [0.2, 0.25) is 0 Å². The van der Waals surface area contributed by atoms with Gasteiger partial charge in [-0.1, -0.05) is 35.3 Å². The van der Waals surface area contributed by atoms with Gasteiger partial charge in [0, 0.05) is 21.8 Å². The second-order valence-electron chi connectivity index (χ2n) is 4.00. The highest BCUT2D eigenvalue weighted by atomic mass is 35.5. The molecule has 18 heavy (non-hydrogen) atoms. The van der Waals surface area contributed by atoms with E-state index in [4.69, 9.17) is 28.9 Å². The van der Waals surface area contributed by atoms with Gasteiger partial charge in [-0.3, -0.25) is 4.79 Å². The van der Waals surface area contributed by atoms with Gasteiger partial charge in [0.05, 0.1) is 5.02 Å². The lowest BCUT2D eigenvalue weighted by Crippen LogP contribution is -2.06. The number of carbonyl (C=O) groups is 1. The fourth-order valence-corrected chi connectivity index (χ4v) is 2.08. The molecule has 4 heteroatoms. The Morgan fingerprint density at radius 2 is 1.72 bits per heavy atom. The molecule has 2 aromatic carbocycles. The van der Waals surface area contributed by atoms with Gasteiger partial charge in [0.15, 0.2) is 5.78 Å². The van der Waals surface area contributed by atoms with Crippen LogP contribution >= 0.6 is 23.2 Å². The molecule has 92 valence electrons. The van der Waals surface area contributed by atoms with Crippen molar-refractivity contribution in [3.05, 3.63) is 63.1 Å². The molecule has 0 aromatic heterocycles. The smallest absolute Gasteiger partial charge is 0.196 e. The number of halogens is 2. The molecule has 0 heterocycles. The van der Waals surface area contributed by atoms with E-state index in [0.29, 0.717) is 26.9 Å². The van der Waals surface area contributed by atoms with E-state index in [1.54, 1.807) is 36.4 Å². The third-order valence-electron chi connectivity index (χ3n) is 2.69. The highest BCUT2D eigenvalue weighted by Gasteiger charge is 2.16. The Bertz CT molecular complexity index is 623. The maximum Gasteiger partial charge on any atom is 0.196 e. The van der Waals surface area contributed by atoms with Crippen LogP contribution in [0.1, 0.15) is 21.5 Å². The van der Waals surface area contributed by atoms with Gasteiger partial charge in [0.25, 0.3) is 0 Å². The molecule has 0 spiro atoms. The van der Waals surface area contributed by atoms with E-state index in [1.807, 2.05) is 6.92 Å². The zero-order valence-corrected chi connectivity index (χ0v) is 11.2. The molecule has 0 fully saturated rings. The number of carbonyl (C=O) groups excluding carboxylic acids is 1. The van der Waals surface area contributed by atoms with Crippen molar-refractivity contribution < 1.29 is 4.79 Å². The van der Waals surface area contributed by atoms with Gasteiger partial charge in [-0.15, -0.1) is 0 Å². The van der Waals surface area contributed by atoms with Crippen LogP contribution in [-0.4, -0.2) is 5.78 Å². The lowest BCUT2D eigenvalue weighted by molar-refractivity contribution is 0.103. The Morgan fingerprint density at radius 3 is 2.39 bits per heavy atom. The van der Waals surface area contributed by atoms with Crippen molar-refractivity contribution in [3.8, 4) is 0 Å². The molecule has 0 saturated carbocycles. The summed E-state index contributed by atoms with van der Waals surface area (Å²) in [4.78, 5) is 12.3. The lowest BCUT2D eigenvalue weighted by atomic mass is 10.00. The molecule has 0 radical (unpaired) electrons. The summed E-state index contributed by atoms with van der Waals surface area (Å²) in [6.07, 6.45) is 0. The van der Waals surface area contributed by atoms with Crippen LogP contribution in [0.15, 0.2) is 36.4 Å². The molecule has 0 amide bonds. The van der Waals surface area contributed by atoms with Gasteiger partial charge >= 0.3 is 0 Å². The highest BCUT2D eigenvalue weighted by molar-refractivity contribution is 6.35. The van der Waals surface area contributed by atoms with Gasteiger partial charge in [0.1, 0.15) is 0 Å². The van der Waals surface area contributed by atoms with Crippen molar-refractivity contribution in [1.29, 1.82) is 0 Å². The highest BCUT2D eigenvalue weighted by Crippen LogP contribution is 2.26. The quantitative estimate of drug-likeness (QED) is 0.664. The summed E-state index contributed by atoms with van der Waals surface area (Å²) in [6.45, 7) is 1.82.